The highest BCUT2D eigenvalue weighted by Crippen LogP contribution is 2.49. The van der Waals surface area contributed by atoms with Crippen LogP contribution in [0.1, 0.15) is 42.7 Å². The molecule has 3 aromatic carbocycles. The Kier molecular flexibility index (Phi) is 7.28. The lowest BCUT2D eigenvalue weighted by molar-refractivity contribution is -0.119. The average Bonchev–Trinajstić information content (AvgIpc) is 2.94. The second-order valence-electron chi connectivity index (χ2n) is 9.70. The molecule has 0 saturated carbocycles. The van der Waals surface area contributed by atoms with Crippen molar-refractivity contribution >= 4 is 23.1 Å². The van der Waals surface area contributed by atoms with Gasteiger partial charge < -0.3 is 14.8 Å². The van der Waals surface area contributed by atoms with E-state index in [9.17, 15) is 18.4 Å². The Morgan fingerprint density at radius 1 is 0.949 bits per heavy atom. The Morgan fingerprint density at radius 3 is 2.33 bits per heavy atom. The minimum Gasteiger partial charge on any atom is -0.497 e. The largest absolute Gasteiger partial charge is 0.497 e. The monoisotopic (exact) mass is 530 g/mol. The van der Waals surface area contributed by atoms with Crippen LogP contribution in [0.2, 0.25) is 0 Å². The number of ketones is 1. The van der Waals surface area contributed by atoms with Gasteiger partial charge in [-0.15, -0.1) is 0 Å². The predicted molar refractivity (Wildman–Crippen MR) is 144 cm³/mol. The first-order valence-electron chi connectivity index (χ1n) is 12.7. The number of ether oxygens (including phenoxy) is 2. The number of carbonyl (C=O) groups excluding carboxylic acids is 2. The summed E-state index contributed by atoms with van der Waals surface area (Å²) in [6.07, 6.45) is 0.762. The number of hydrogen-bond acceptors (Lipinski definition) is 5. The van der Waals surface area contributed by atoms with Gasteiger partial charge in [0.05, 0.1) is 20.1 Å². The van der Waals surface area contributed by atoms with Crippen molar-refractivity contribution in [1.82, 2.24) is 0 Å². The standard InChI is InChI=1S/C31H28F2N2O4/c1-17-27(31(37)35-30-22(32)10-7-11-23(30)33)28(21-16-20(38-2)12-13-26(21)39-3)29-24(34-17)14-19(15-25(29)36)18-8-5-4-6-9-18/h4-13,16,19,27-28H,14-15H2,1-3H3,(H,35,37)/t19-,27?,28+/m1/s1. The molecule has 1 aliphatic heterocycles. The average molecular weight is 531 g/mol. The van der Waals surface area contributed by atoms with E-state index in [2.05, 4.69) is 5.32 Å². The quantitative estimate of drug-likeness (QED) is 0.412. The zero-order valence-electron chi connectivity index (χ0n) is 21.8. The third-order valence-corrected chi connectivity index (χ3v) is 7.42. The number of aliphatic imine (C=N–C) groups is 1. The van der Waals surface area contributed by atoms with E-state index in [4.69, 9.17) is 14.5 Å². The maximum Gasteiger partial charge on any atom is 0.234 e. The lowest BCUT2D eigenvalue weighted by atomic mass is 9.68. The SMILES string of the molecule is COc1ccc(OC)c([C@@H]2C3=C(C[C@@H](c4ccccc4)CC3=O)N=C(C)C2C(=O)Nc2c(F)cccc2F)c1. The third kappa shape index (κ3) is 4.94. The summed E-state index contributed by atoms with van der Waals surface area (Å²) >= 11 is 0. The van der Waals surface area contributed by atoms with Gasteiger partial charge in [-0.1, -0.05) is 36.4 Å². The fourth-order valence-electron chi connectivity index (χ4n) is 5.60. The van der Waals surface area contributed by atoms with Gasteiger partial charge in [0, 0.05) is 34.9 Å². The van der Waals surface area contributed by atoms with Crippen LogP contribution in [-0.2, 0) is 9.59 Å². The molecule has 3 atom stereocenters. The number of rotatable bonds is 6. The Labute approximate surface area is 225 Å². The number of halogens is 2. The van der Waals surface area contributed by atoms with Crippen LogP contribution in [0.15, 0.2) is 83.0 Å². The molecule has 0 radical (unpaired) electrons. The highest BCUT2D eigenvalue weighted by atomic mass is 19.1. The summed E-state index contributed by atoms with van der Waals surface area (Å²) in [6, 6.07) is 18.3. The van der Waals surface area contributed by atoms with Crippen molar-refractivity contribution in [1.29, 1.82) is 0 Å². The van der Waals surface area contributed by atoms with Crippen molar-refractivity contribution in [2.45, 2.75) is 31.6 Å². The maximum absolute atomic E-state index is 14.5. The van der Waals surface area contributed by atoms with Crippen LogP contribution in [0.3, 0.4) is 0 Å². The first-order chi connectivity index (χ1) is 18.8. The molecule has 0 fully saturated rings. The van der Waals surface area contributed by atoms with Gasteiger partial charge in [-0.25, -0.2) is 8.78 Å². The van der Waals surface area contributed by atoms with Crippen molar-refractivity contribution in [3.05, 3.63) is 101 Å². The summed E-state index contributed by atoms with van der Waals surface area (Å²) in [4.78, 5) is 32.3. The van der Waals surface area contributed by atoms with Crippen molar-refractivity contribution in [2.75, 3.05) is 19.5 Å². The van der Waals surface area contributed by atoms with Gasteiger partial charge in [-0.3, -0.25) is 14.6 Å². The first kappa shape index (κ1) is 26.3. The van der Waals surface area contributed by atoms with Gasteiger partial charge in [-0.2, -0.15) is 0 Å². The summed E-state index contributed by atoms with van der Waals surface area (Å²) in [5, 5.41) is 2.41. The molecular formula is C31H28F2N2O4. The number of allylic oxidation sites excluding steroid dienone is 2. The smallest absolute Gasteiger partial charge is 0.234 e. The molecule has 39 heavy (non-hydrogen) atoms. The molecule has 0 saturated heterocycles. The van der Waals surface area contributed by atoms with E-state index in [1.54, 1.807) is 25.1 Å². The zero-order valence-corrected chi connectivity index (χ0v) is 21.8. The molecule has 6 nitrogen and oxygen atoms in total. The summed E-state index contributed by atoms with van der Waals surface area (Å²) in [7, 11) is 3.02. The van der Waals surface area contributed by atoms with Gasteiger partial charge in [-0.05, 0) is 55.2 Å². The summed E-state index contributed by atoms with van der Waals surface area (Å²) in [6.45, 7) is 1.70. The van der Waals surface area contributed by atoms with E-state index >= 15 is 0 Å². The molecule has 1 unspecified atom stereocenters. The third-order valence-electron chi connectivity index (χ3n) is 7.42. The fourth-order valence-corrected chi connectivity index (χ4v) is 5.60. The number of carbonyl (C=O) groups is 2. The number of Topliss-reactive ketones (excluding diaryl/α,β-unsaturated/α-hetero) is 1. The minimum atomic E-state index is -1.03. The van der Waals surface area contributed by atoms with Gasteiger partial charge >= 0.3 is 0 Å². The van der Waals surface area contributed by atoms with E-state index in [-0.39, 0.29) is 18.1 Å². The van der Waals surface area contributed by atoms with Gasteiger partial charge in [0.1, 0.15) is 28.8 Å². The summed E-state index contributed by atoms with van der Waals surface area (Å²) in [5.74, 6) is -3.53. The Hall–Kier alpha value is -4.33. The number of nitrogens with one attached hydrogen (secondary N) is 1. The molecule has 0 aromatic heterocycles. The molecule has 5 rings (SSSR count). The van der Waals surface area contributed by atoms with E-state index in [1.807, 2.05) is 30.3 Å². The molecule has 8 heteroatoms. The Balaban J connectivity index is 1.64. The second kappa shape index (κ2) is 10.8. The van der Waals surface area contributed by atoms with Gasteiger partial charge in [0.25, 0.3) is 0 Å². The lowest BCUT2D eigenvalue weighted by Crippen LogP contribution is -2.40. The number of amides is 1. The minimum absolute atomic E-state index is 0.0558. The first-order valence-corrected chi connectivity index (χ1v) is 12.7. The molecule has 3 aromatic rings. The van der Waals surface area contributed by atoms with E-state index in [1.165, 1.54) is 20.3 Å². The van der Waals surface area contributed by atoms with Crippen molar-refractivity contribution < 1.29 is 27.8 Å². The van der Waals surface area contributed by atoms with Crippen LogP contribution >= 0.6 is 0 Å². The summed E-state index contributed by atoms with van der Waals surface area (Å²) < 4.78 is 40.0. The Bertz CT molecular complexity index is 1480. The van der Waals surface area contributed by atoms with Crippen LogP contribution in [0.4, 0.5) is 14.5 Å². The second-order valence-corrected chi connectivity index (χ2v) is 9.70. The van der Waals surface area contributed by atoms with Crippen LogP contribution < -0.4 is 14.8 Å². The van der Waals surface area contributed by atoms with Crippen molar-refractivity contribution in [3.8, 4) is 11.5 Å². The number of anilines is 1. The van der Waals surface area contributed by atoms with E-state index < -0.39 is 35.1 Å². The molecule has 1 N–H and O–H groups in total. The molecule has 1 heterocycles. The number of hydrogen-bond donors (Lipinski definition) is 1. The van der Waals surface area contributed by atoms with E-state index in [0.717, 1.165) is 17.7 Å². The van der Waals surface area contributed by atoms with Crippen LogP contribution in [0.5, 0.6) is 11.5 Å². The molecule has 1 aliphatic carbocycles. The fraction of sp³-hybridized carbons (Fsp3) is 0.258. The molecular weight excluding hydrogens is 502 g/mol. The van der Waals surface area contributed by atoms with Crippen LogP contribution in [0.25, 0.3) is 0 Å². The van der Waals surface area contributed by atoms with Crippen LogP contribution in [-0.4, -0.2) is 31.6 Å². The Morgan fingerprint density at radius 2 is 1.67 bits per heavy atom. The molecule has 0 spiro atoms. The number of methoxy groups -OCH3 is 2. The number of para-hydroxylation sites is 1. The lowest BCUT2D eigenvalue weighted by Gasteiger charge is -2.37. The van der Waals surface area contributed by atoms with Crippen molar-refractivity contribution in [2.24, 2.45) is 10.9 Å². The molecule has 200 valence electrons. The summed E-state index contributed by atoms with van der Waals surface area (Å²) in [5.41, 5.74) is 2.49. The predicted octanol–water partition coefficient (Wildman–Crippen LogP) is 6.20. The molecule has 0 bridgehead atoms. The number of nitrogens with zero attached hydrogens (tertiary/aromatic N) is 1. The molecule has 1 amide bonds. The highest BCUT2D eigenvalue weighted by Gasteiger charge is 2.45. The number of benzene rings is 3. The topological polar surface area (TPSA) is 77.0 Å². The maximum atomic E-state index is 14.5. The van der Waals surface area contributed by atoms with E-state index in [0.29, 0.717) is 40.5 Å². The zero-order chi connectivity index (χ0) is 27.7. The normalized spacial score (nSPS) is 20.7. The van der Waals surface area contributed by atoms with Gasteiger partial charge in [0.2, 0.25) is 5.91 Å². The van der Waals surface area contributed by atoms with Crippen LogP contribution in [0, 0.1) is 17.6 Å². The van der Waals surface area contributed by atoms with Gasteiger partial charge in [0.15, 0.2) is 5.78 Å². The highest BCUT2D eigenvalue weighted by molar-refractivity contribution is 6.13. The van der Waals surface area contributed by atoms with Crippen molar-refractivity contribution in [3.63, 3.8) is 0 Å². The molecule has 2 aliphatic rings.